The minimum Gasteiger partial charge on any atom is -0.512 e. The van der Waals surface area contributed by atoms with Gasteiger partial charge in [0.15, 0.2) is 0 Å². The van der Waals surface area contributed by atoms with Crippen molar-refractivity contribution in [2.24, 2.45) is 5.92 Å². The Bertz CT molecular complexity index is 730. The summed E-state index contributed by atoms with van der Waals surface area (Å²) in [4.78, 5) is 12.5. The van der Waals surface area contributed by atoms with Crippen molar-refractivity contribution in [3.63, 3.8) is 0 Å². The minimum absolute atomic E-state index is 0.0940. The van der Waals surface area contributed by atoms with E-state index < -0.39 is 5.92 Å². The highest BCUT2D eigenvalue weighted by atomic mass is 16.5. The minimum atomic E-state index is -0.514. The maximum Gasteiger partial charge on any atom is 0.144 e. The van der Waals surface area contributed by atoms with Gasteiger partial charge in [0.1, 0.15) is 17.3 Å². The molecule has 0 radical (unpaired) electrons. The zero-order chi connectivity index (χ0) is 15.1. The van der Waals surface area contributed by atoms with Crippen LogP contribution >= 0.6 is 0 Å². The summed E-state index contributed by atoms with van der Waals surface area (Å²) in [6, 6.07) is 15.5. The molecule has 0 spiro atoms. The Hall–Kier alpha value is -2.55. The van der Waals surface area contributed by atoms with Crippen LogP contribution in [0, 0.1) is 5.92 Å². The topological polar surface area (TPSA) is 46.5 Å². The number of carbonyl (C=O) groups is 1. The number of ether oxygens (including phenoxy) is 1. The molecule has 1 heterocycles. The number of allylic oxidation sites excluding steroid dienone is 2. The fourth-order valence-electron chi connectivity index (χ4n) is 3.47. The van der Waals surface area contributed by atoms with Gasteiger partial charge in [0.2, 0.25) is 0 Å². The van der Waals surface area contributed by atoms with Crippen molar-refractivity contribution in [1.29, 1.82) is 0 Å². The Kier molecular flexibility index (Phi) is 3.00. The fraction of sp³-hybridized carbons (Fsp3) is 0.211. The van der Waals surface area contributed by atoms with E-state index in [2.05, 4.69) is 0 Å². The predicted octanol–water partition coefficient (Wildman–Crippen LogP) is 4.35. The SMILES string of the molecule is O=C1CCC=C(O)[C@@H]1C1c2ccccc2Oc2ccccc21. The first kappa shape index (κ1) is 13.1. The number of para-hydroxylation sites is 2. The van der Waals surface area contributed by atoms with Gasteiger partial charge in [0.25, 0.3) is 0 Å². The molecule has 3 heteroatoms. The zero-order valence-electron chi connectivity index (χ0n) is 12.0. The van der Waals surface area contributed by atoms with Crippen molar-refractivity contribution in [2.75, 3.05) is 0 Å². The highest BCUT2D eigenvalue weighted by Crippen LogP contribution is 2.49. The van der Waals surface area contributed by atoms with Crippen molar-refractivity contribution in [1.82, 2.24) is 0 Å². The van der Waals surface area contributed by atoms with Crippen molar-refractivity contribution in [3.05, 3.63) is 71.5 Å². The van der Waals surface area contributed by atoms with Crippen molar-refractivity contribution in [3.8, 4) is 11.5 Å². The van der Waals surface area contributed by atoms with E-state index in [1.54, 1.807) is 6.08 Å². The number of ketones is 1. The molecule has 0 amide bonds. The van der Waals surface area contributed by atoms with Gasteiger partial charge in [-0.3, -0.25) is 4.79 Å². The maximum absolute atomic E-state index is 12.5. The summed E-state index contributed by atoms with van der Waals surface area (Å²) in [5.41, 5.74) is 1.92. The number of hydrogen-bond acceptors (Lipinski definition) is 3. The van der Waals surface area contributed by atoms with Gasteiger partial charge in [0.05, 0.1) is 11.7 Å². The number of hydrogen-bond donors (Lipinski definition) is 1. The molecule has 0 saturated heterocycles. The molecule has 1 N–H and O–H groups in total. The number of rotatable bonds is 1. The van der Waals surface area contributed by atoms with Gasteiger partial charge < -0.3 is 9.84 Å². The van der Waals surface area contributed by atoms with E-state index in [1.165, 1.54) is 0 Å². The lowest BCUT2D eigenvalue weighted by molar-refractivity contribution is -0.123. The van der Waals surface area contributed by atoms with Crippen LogP contribution in [0.2, 0.25) is 0 Å². The van der Waals surface area contributed by atoms with E-state index in [4.69, 9.17) is 4.74 Å². The quantitative estimate of drug-likeness (QED) is 0.850. The lowest BCUT2D eigenvalue weighted by Gasteiger charge is -2.34. The molecule has 1 atom stereocenters. The van der Waals surface area contributed by atoms with E-state index in [-0.39, 0.29) is 17.5 Å². The van der Waals surface area contributed by atoms with Gasteiger partial charge >= 0.3 is 0 Å². The number of aliphatic hydroxyl groups excluding tert-OH is 1. The van der Waals surface area contributed by atoms with Crippen LogP contribution in [0.3, 0.4) is 0 Å². The third kappa shape index (κ3) is 1.93. The summed E-state index contributed by atoms with van der Waals surface area (Å²) < 4.78 is 5.96. The number of fused-ring (bicyclic) bond motifs is 2. The predicted molar refractivity (Wildman–Crippen MR) is 83.2 cm³/mol. The molecular weight excluding hydrogens is 276 g/mol. The van der Waals surface area contributed by atoms with E-state index in [0.29, 0.717) is 12.8 Å². The highest BCUT2D eigenvalue weighted by molar-refractivity contribution is 5.86. The average molecular weight is 292 g/mol. The Balaban J connectivity index is 1.93. The summed E-state index contributed by atoms with van der Waals surface area (Å²) in [6.45, 7) is 0. The van der Waals surface area contributed by atoms with E-state index >= 15 is 0 Å². The van der Waals surface area contributed by atoms with Gasteiger partial charge in [-0.1, -0.05) is 36.4 Å². The molecule has 2 aliphatic rings. The standard InChI is InChI=1S/C19H16O3/c20-14-8-5-9-15(21)19(14)18-12-6-1-3-10-16(12)22-17-11-4-2-7-13(17)18/h1-4,6-8,10-11,18-20H,5,9H2/t19-/m0/s1. The van der Waals surface area contributed by atoms with Gasteiger partial charge in [0, 0.05) is 23.5 Å². The first-order chi connectivity index (χ1) is 10.8. The molecule has 22 heavy (non-hydrogen) atoms. The molecule has 2 aromatic carbocycles. The van der Waals surface area contributed by atoms with Gasteiger partial charge in [-0.2, -0.15) is 0 Å². The van der Waals surface area contributed by atoms with Crippen LogP contribution in [0.4, 0.5) is 0 Å². The normalized spacial score (nSPS) is 20.6. The molecule has 2 aromatic rings. The molecule has 0 saturated carbocycles. The van der Waals surface area contributed by atoms with E-state index in [1.807, 2.05) is 48.5 Å². The Labute approximate surface area is 128 Å². The van der Waals surface area contributed by atoms with Crippen LogP contribution in [0.5, 0.6) is 11.5 Å². The number of carbonyl (C=O) groups excluding carboxylic acids is 1. The van der Waals surface area contributed by atoms with Crippen molar-refractivity contribution >= 4 is 5.78 Å². The average Bonchev–Trinajstić information content (AvgIpc) is 2.54. The third-order valence-electron chi connectivity index (χ3n) is 4.47. The number of aliphatic hydroxyl groups is 1. The van der Waals surface area contributed by atoms with Crippen LogP contribution in [0.15, 0.2) is 60.4 Å². The molecule has 110 valence electrons. The Morgan fingerprint density at radius 1 is 0.909 bits per heavy atom. The summed E-state index contributed by atoms with van der Waals surface area (Å²) >= 11 is 0. The third-order valence-corrected chi connectivity index (χ3v) is 4.47. The van der Waals surface area contributed by atoms with Crippen LogP contribution in [-0.4, -0.2) is 10.9 Å². The van der Waals surface area contributed by atoms with Crippen LogP contribution < -0.4 is 4.74 Å². The molecule has 0 fully saturated rings. The van der Waals surface area contributed by atoms with Gasteiger partial charge in [-0.05, 0) is 24.6 Å². The summed E-state index contributed by atoms with van der Waals surface area (Å²) in [6.07, 6.45) is 2.87. The molecule has 0 unspecified atom stereocenters. The smallest absolute Gasteiger partial charge is 0.144 e. The van der Waals surface area contributed by atoms with E-state index in [9.17, 15) is 9.90 Å². The highest BCUT2D eigenvalue weighted by Gasteiger charge is 2.40. The lowest BCUT2D eigenvalue weighted by Crippen LogP contribution is -2.29. The summed E-state index contributed by atoms with van der Waals surface area (Å²) in [5.74, 6) is 1.10. The van der Waals surface area contributed by atoms with Crippen molar-refractivity contribution in [2.45, 2.75) is 18.8 Å². The Morgan fingerprint density at radius 2 is 1.50 bits per heavy atom. The van der Waals surface area contributed by atoms with Crippen LogP contribution in [0.1, 0.15) is 29.9 Å². The second-order valence-corrected chi connectivity index (χ2v) is 5.77. The molecule has 0 aromatic heterocycles. The molecular formula is C19H16O3. The molecule has 4 rings (SSSR count). The fourth-order valence-corrected chi connectivity index (χ4v) is 3.47. The Morgan fingerprint density at radius 3 is 2.09 bits per heavy atom. The maximum atomic E-state index is 12.5. The molecule has 1 aliphatic heterocycles. The first-order valence-corrected chi connectivity index (χ1v) is 7.53. The second kappa shape index (κ2) is 5.02. The molecule has 1 aliphatic carbocycles. The largest absolute Gasteiger partial charge is 0.512 e. The van der Waals surface area contributed by atoms with Gasteiger partial charge in [-0.15, -0.1) is 0 Å². The lowest BCUT2D eigenvalue weighted by atomic mass is 9.73. The first-order valence-electron chi connectivity index (χ1n) is 7.53. The van der Waals surface area contributed by atoms with Gasteiger partial charge in [-0.25, -0.2) is 0 Å². The van der Waals surface area contributed by atoms with Crippen molar-refractivity contribution < 1.29 is 14.6 Å². The van der Waals surface area contributed by atoms with E-state index in [0.717, 1.165) is 22.6 Å². The second-order valence-electron chi connectivity index (χ2n) is 5.77. The number of Topliss-reactive ketones (excluding diaryl/α,β-unsaturated/α-hetero) is 1. The molecule has 0 bridgehead atoms. The van der Waals surface area contributed by atoms with Crippen LogP contribution in [0.25, 0.3) is 0 Å². The zero-order valence-corrected chi connectivity index (χ0v) is 12.0. The summed E-state index contributed by atoms with van der Waals surface area (Å²) in [7, 11) is 0. The summed E-state index contributed by atoms with van der Waals surface area (Å²) in [5, 5.41) is 10.3. The monoisotopic (exact) mass is 292 g/mol. The number of benzene rings is 2. The van der Waals surface area contributed by atoms with Crippen LogP contribution in [-0.2, 0) is 4.79 Å². The molecule has 3 nitrogen and oxygen atoms in total.